The highest BCUT2D eigenvalue weighted by Gasteiger charge is 2.05. The molecule has 0 aliphatic rings. The van der Waals surface area contributed by atoms with Gasteiger partial charge in [-0.1, -0.05) is 18.2 Å². The molecule has 0 spiro atoms. The summed E-state index contributed by atoms with van der Waals surface area (Å²) in [6.07, 6.45) is 2.29. The Balaban J connectivity index is 1.85. The minimum Gasteiger partial charge on any atom is -0.326 e. The smallest absolute Gasteiger partial charge is 0.226 e. The molecule has 0 unspecified atom stereocenters. The Morgan fingerprint density at radius 3 is 2.72 bits per heavy atom. The minimum absolute atomic E-state index is 0.00882. The van der Waals surface area contributed by atoms with Gasteiger partial charge < -0.3 is 5.32 Å². The van der Waals surface area contributed by atoms with Crippen LogP contribution in [0.25, 0.3) is 0 Å². The van der Waals surface area contributed by atoms with Crippen LogP contribution >= 0.6 is 15.9 Å². The number of hydrogen-bond acceptors (Lipinski definition) is 2. The Morgan fingerprint density at radius 2 is 2.11 bits per heavy atom. The van der Waals surface area contributed by atoms with Crippen molar-refractivity contribution >= 4 is 27.5 Å². The molecule has 0 atom stereocenters. The third kappa shape index (κ3) is 3.43. The molecule has 1 N–H and O–H groups in total. The highest BCUT2D eigenvalue weighted by atomic mass is 79.9. The number of carbonyl (C=O) groups excluding carboxylic acids is 1. The molecule has 1 amide bonds. The van der Waals surface area contributed by atoms with Crippen LogP contribution in [0.1, 0.15) is 12.1 Å². The highest BCUT2D eigenvalue weighted by molar-refractivity contribution is 9.10. The van der Waals surface area contributed by atoms with Crippen molar-refractivity contribution in [1.29, 1.82) is 0 Å². The Bertz CT molecular complexity index is 517. The highest BCUT2D eigenvalue weighted by Crippen LogP contribution is 2.13. The van der Waals surface area contributed by atoms with E-state index in [0.717, 1.165) is 15.9 Å². The number of para-hydroxylation sites is 1. The summed E-state index contributed by atoms with van der Waals surface area (Å²) in [5.74, 6) is -0.00882. The average Bonchev–Trinajstić information content (AvgIpc) is 2.68. The summed E-state index contributed by atoms with van der Waals surface area (Å²) >= 11 is 3.39. The Morgan fingerprint density at radius 1 is 1.39 bits per heavy atom. The van der Waals surface area contributed by atoms with E-state index in [4.69, 9.17) is 0 Å². The second-order valence-electron chi connectivity index (χ2n) is 3.99. The van der Waals surface area contributed by atoms with Crippen molar-refractivity contribution in [3.8, 4) is 0 Å². The summed E-state index contributed by atoms with van der Waals surface area (Å²) in [7, 11) is 0. The van der Waals surface area contributed by atoms with E-state index in [0.29, 0.717) is 13.0 Å². The van der Waals surface area contributed by atoms with Crippen LogP contribution in [0, 0.1) is 6.92 Å². The predicted octanol–water partition coefficient (Wildman–Crippen LogP) is 2.98. The maximum atomic E-state index is 11.7. The van der Waals surface area contributed by atoms with Crippen LogP contribution < -0.4 is 5.32 Å². The standard InChI is InChI=1S/C13H14BrN3O/c1-10-12(14)9-17(16-10)8-7-13(18)15-11-5-3-2-4-6-11/h2-6,9H,7-8H2,1H3,(H,15,18). The first kappa shape index (κ1) is 12.8. The zero-order chi connectivity index (χ0) is 13.0. The fraction of sp³-hybridized carbons (Fsp3) is 0.231. The van der Waals surface area contributed by atoms with Crippen LogP contribution in [0.15, 0.2) is 41.0 Å². The van der Waals surface area contributed by atoms with Gasteiger partial charge in [-0.25, -0.2) is 0 Å². The first-order chi connectivity index (χ1) is 8.65. The molecule has 1 aromatic heterocycles. The van der Waals surface area contributed by atoms with E-state index in [1.54, 1.807) is 4.68 Å². The Kier molecular flexibility index (Phi) is 4.15. The van der Waals surface area contributed by atoms with Gasteiger partial charge in [-0.15, -0.1) is 0 Å². The van der Waals surface area contributed by atoms with Gasteiger partial charge in [0.2, 0.25) is 5.91 Å². The largest absolute Gasteiger partial charge is 0.326 e. The summed E-state index contributed by atoms with van der Waals surface area (Å²) < 4.78 is 2.73. The summed E-state index contributed by atoms with van der Waals surface area (Å²) in [6.45, 7) is 2.50. The summed E-state index contributed by atoms with van der Waals surface area (Å²) in [6, 6.07) is 9.44. The molecule has 94 valence electrons. The second-order valence-corrected chi connectivity index (χ2v) is 4.84. The van der Waals surface area contributed by atoms with Crippen LogP contribution in [-0.4, -0.2) is 15.7 Å². The molecule has 4 nitrogen and oxygen atoms in total. The molecule has 0 fully saturated rings. The van der Waals surface area contributed by atoms with Crippen LogP contribution in [-0.2, 0) is 11.3 Å². The first-order valence-electron chi connectivity index (χ1n) is 5.69. The van der Waals surface area contributed by atoms with Gasteiger partial charge in [0.15, 0.2) is 0 Å². The number of amides is 1. The molecular weight excluding hydrogens is 294 g/mol. The number of nitrogens with one attached hydrogen (secondary N) is 1. The van der Waals surface area contributed by atoms with Gasteiger partial charge in [-0.2, -0.15) is 5.10 Å². The molecule has 2 rings (SSSR count). The quantitative estimate of drug-likeness (QED) is 0.944. The summed E-state index contributed by atoms with van der Waals surface area (Å²) in [4.78, 5) is 11.7. The molecule has 1 heterocycles. The zero-order valence-electron chi connectivity index (χ0n) is 10.1. The minimum atomic E-state index is -0.00882. The molecule has 1 aromatic carbocycles. The normalized spacial score (nSPS) is 10.3. The van der Waals surface area contributed by atoms with Gasteiger partial charge >= 0.3 is 0 Å². The van der Waals surface area contributed by atoms with Crippen LogP contribution in [0.4, 0.5) is 5.69 Å². The van der Waals surface area contributed by atoms with Gasteiger partial charge in [0.1, 0.15) is 0 Å². The van der Waals surface area contributed by atoms with E-state index in [9.17, 15) is 4.79 Å². The zero-order valence-corrected chi connectivity index (χ0v) is 11.6. The first-order valence-corrected chi connectivity index (χ1v) is 6.49. The number of aromatic nitrogens is 2. The van der Waals surface area contributed by atoms with Crippen molar-refractivity contribution in [1.82, 2.24) is 9.78 Å². The number of benzene rings is 1. The van der Waals surface area contributed by atoms with Crippen molar-refractivity contribution < 1.29 is 4.79 Å². The number of nitrogens with zero attached hydrogens (tertiary/aromatic N) is 2. The summed E-state index contributed by atoms with van der Waals surface area (Å²) in [5, 5.41) is 7.12. The van der Waals surface area contributed by atoms with Crippen molar-refractivity contribution in [2.75, 3.05) is 5.32 Å². The molecule has 0 aliphatic carbocycles. The third-order valence-corrected chi connectivity index (χ3v) is 3.29. The van der Waals surface area contributed by atoms with E-state index in [1.165, 1.54) is 0 Å². The van der Waals surface area contributed by atoms with Crippen LogP contribution in [0.3, 0.4) is 0 Å². The van der Waals surface area contributed by atoms with Crippen molar-refractivity contribution in [3.63, 3.8) is 0 Å². The number of halogens is 1. The SMILES string of the molecule is Cc1nn(CCC(=O)Nc2ccccc2)cc1Br. The molecule has 0 radical (unpaired) electrons. The Hall–Kier alpha value is -1.62. The fourth-order valence-electron chi connectivity index (χ4n) is 1.57. The van der Waals surface area contributed by atoms with E-state index < -0.39 is 0 Å². The average molecular weight is 308 g/mol. The van der Waals surface area contributed by atoms with Gasteiger partial charge in [0.05, 0.1) is 10.2 Å². The molecule has 5 heteroatoms. The predicted molar refractivity (Wildman–Crippen MR) is 74.4 cm³/mol. The molecule has 0 aliphatic heterocycles. The van der Waals surface area contributed by atoms with Crippen molar-refractivity contribution in [3.05, 3.63) is 46.7 Å². The molecule has 18 heavy (non-hydrogen) atoms. The molecule has 0 saturated carbocycles. The topological polar surface area (TPSA) is 46.9 Å². The number of hydrogen-bond donors (Lipinski definition) is 1. The lowest BCUT2D eigenvalue weighted by Crippen LogP contribution is -2.14. The van der Waals surface area contributed by atoms with Gasteiger partial charge in [-0.3, -0.25) is 9.48 Å². The maximum absolute atomic E-state index is 11.7. The van der Waals surface area contributed by atoms with Crippen LogP contribution in [0.2, 0.25) is 0 Å². The van der Waals surface area contributed by atoms with E-state index in [2.05, 4.69) is 26.3 Å². The molecule has 2 aromatic rings. The van der Waals surface area contributed by atoms with Gasteiger partial charge in [-0.05, 0) is 35.0 Å². The number of carbonyl (C=O) groups is 1. The number of anilines is 1. The fourth-order valence-corrected chi connectivity index (χ4v) is 1.88. The van der Waals surface area contributed by atoms with Gasteiger partial charge in [0.25, 0.3) is 0 Å². The van der Waals surface area contributed by atoms with Crippen molar-refractivity contribution in [2.45, 2.75) is 19.9 Å². The van der Waals surface area contributed by atoms with E-state index >= 15 is 0 Å². The van der Waals surface area contributed by atoms with Gasteiger partial charge in [0, 0.05) is 24.8 Å². The monoisotopic (exact) mass is 307 g/mol. The Labute approximate surface area is 114 Å². The lowest BCUT2D eigenvalue weighted by Gasteiger charge is -2.04. The van der Waals surface area contributed by atoms with Crippen LogP contribution in [0.5, 0.6) is 0 Å². The third-order valence-electron chi connectivity index (χ3n) is 2.51. The lowest BCUT2D eigenvalue weighted by molar-refractivity contribution is -0.116. The molecule has 0 saturated heterocycles. The lowest BCUT2D eigenvalue weighted by atomic mass is 10.3. The molecule has 0 bridgehead atoms. The molecular formula is C13H14BrN3O. The maximum Gasteiger partial charge on any atom is 0.226 e. The second kappa shape index (κ2) is 5.82. The van der Waals surface area contributed by atoms with E-state index in [-0.39, 0.29) is 5.91 Å². The summed E-state index contributed by atoms with van der Waals surface area (Å²) in [5.41, 5.74) is 1.75. The number of rotatable bonds is 4. The van der Waals surface area contributed by atoms with Crippen molar-refractivity contribution in [2.24, 2.45) is 0 Å². The number of aryl methyl sites for hydroxylation is 2. The van der Waals surface area contributed by atoms with E-state index in [1.807, 2.05) is 43.5 Å².